The normalized spacial score (nSPS) is 12.6. The third-order valence-electron chi connectivity index (χ3n) is 1.30. The molecule has 4 heteroatoms. The first-order valence-electron chi connectivity index (χ1n) is 3.78. The largest absolute Gasteiger partial charge is 0.323 e. The van der Waals surface area contributed by atoms with Crippen LogP contribution in [0.15, 0.2) is 0 Å². The molecule has 11 heavy (non-hydrogen) atoms. The van der Waals surface area contributed by atoms with Gasteiger partial charge in [-0.15, -0.1) is 0 Å². The average molecular weight is 196 g/mol. The van der Waals surface area contributed by atoms with Gasteiger partial charge in [0.25, 0.3) is 0 Å². The fourth-order valence-electron chi connectivity index (χ4n) is 0.697. The molecule has 0 rings (SSSR count). The maximum Gasteiger partial charge on any atom is 0.323 e. The van der Waals surface area contributed by atoms with Crippen molar-refractivity contribution in [3.8, 4) is 0 Å². The molecule has 0 heterocycles. The number of nitrogens with one attached hydrogen (secondary N) is 1. The van der Waals surface area contributed by atoms with Gasteiger partial charge in [-0.2, -0.15) is 0 Å². The van der Waals surface area contributed by atoms with E-state index in [2.05, 4.69) is 18.6 Å². The highest BCUT2D eigenvalue weighted by atomic mass is 35.5. The summed E-state index contributed by atoms with van der Waals surface area (Å²) in [6.07, 6.45) is 3.52. The van der Waals surface area contributed by atoms with Crippen LogP contribution in [0, 0.1) is 0 Å². The number of hydrogen-bond donors (Lipinski definition) is 1. The Bertz CT molecular complexity index is 121. The zero-order chi connectivity index (χ0) is 8.69. The highest BCUT2D eigenvalue weighted by molar-refractivity contribution is 7.98. The number of carbonyl (C=O) groups excluding carboxylic acids is 1. The van der Waals surface area contributed by atoms with Gasteiger partial charge in [-0.1, -0.05) is 26.7 Å². The lowest BCUT2D eigenvalue weighted by Crippen LogP contribution is -2.11. The van der Waals surface area contributed by atoms with E-state index < -0.39 is 5.37 Å². The first-order chi connectivity index (χ1) is 5.16. The summed E-state index contributed by atoms with van der Waals surface area (Å²) in [7, 11) is 0. The molecular formula is C7H14ClNOS. The molecule has 0 aromatic heterocycles. The van der Waals surface area contributed by atoms with E-state index in [-0.39, 0.29) is 0 Å². The Labute approximate surface area is 77.2 Å². The van der Waals surface area contributed by atoms with Crippen molar-refractivity contribution in [1.29, 1.82) is 0 Å². The van der Waals surface area contributed by atoms with Gasteiger partial charge >= 0.3 is 5.37 Å². The van der Waals surface area contributed by atoms with Gasteiger partial charge in [0.05, 0.1) is 0 Å². The molecule has 0 saturated carbocycles. The molecule has 1 amide bonds. The second-order valence-corrected chi connectivity index (χ2v) is 4.03. The molecule has 0 radical (unpaired) electrons. The molecule has 0 aromatic rings. The van der Waals surface area contributed by atoms with E-state index in [0.717, 1.165) is 6.42 Å². The maximum absolute atomic E-state index is 10.3. The van der Waals surface area contributed by atoms with Gasteiger partial charge in [0.2, 0.25) is 0 Å². The van der Waals surface area contributed by atoms with Crippen LogP contribution < -0.4 is 4.72 Å². The zero-order valence-corrected chi connectivity index (χ0v) is 8.47. The smallest absolute Gasteiger partial charge is 0.286 e. The first kappa shape index (κ1) is 11.1. The molecule has 0 aromatic carbocycles. The fraction of sp³-hybridized carbons (Fsp3) is 0.857. The van der Waals surface area contributed by atoms with Gasteiger partial charge in [0, 0.05) is 5.25 Å². The molecular weight excluding hydrogens is 182 g/mol. The lowest BCUT2D eigenvalue weighted by molar-refractivity contribution is 0.264. The van der Waals surface area contributed by atoms with Gasteiger partial charge < -0.3 is 0 Å². The molecule has 0 bridgehead atoms. The van der Waals surface area contributed by atoms with Crippen molar-refractivity contribution < 1.29 is 4.79 Å². The quantitative estimate of drug-likeness (QED) is 0.415. The SMILES string of the molecule is CCCCC(C)SNC(=O)Cl. The van der Waals surface area contributed by atoms with E-state index in [9.17, 15) is 4.79 Å². The molecule has 1 N–H and O–H groups in total. The standard InChI is InChI=1S/C7H14ClNOS/c1-3-4-5-6(2)11-9-7(8)10/h6H,3-5H2,1-2H3,(H,9,10). The lowest BCUT2D eigenvalue weighted by atomic mass is 10.2. The Morgan fingerprint density at radius 3 is 2.82 bits per heavy atom. The van der Waals surface area contributed by atoms with Gasteiger partial charge in [-0.25, -0.2) is 0 Å². The summed E-state index contributed by atoms with van der Waals surface area (Å²) in [5.41, 5.74) is 0. The molecule has 0 saturated heterocycles. The van der Waals surface area contributed by atoms with E-state index >= 15 is 0 Å². The van der Waals surface area contributed by atoms with Gasteiger partial charge in [-0.05, 0) is 30.0 Å². The molecule has 1 atom stereocenters. The summed E-state index contributed by atoms with van der Waals surface area (Å²) in [6.45, 7) is 4.23. The molecule has 0 fully saturated rings. The van der Waals surface area contributed by atoms with Crippen LogP contribution in [-0.4, -0.2) is 10.6 Å². The Kier molecular flexibility index (Phi) is 6.87. The molecule has 0 aliphatic rings. The second-order valence-electron chi connectivity index (χ2n) is 2.45. The maximum atomic E-state index is 10.3. The van der Waals surface area contributed by atoms with Crippen molar-refractivity contribution in [2.45, 2.75) is 38.4 Å². The van der Waals surface area contributed by atoms with Crippen LogP contribution in [0.5, 0.6) is 0 Å². The number of rotatable bonds is 5. The summed E-state index contributed by atoms with van der Waals surface area (Å²) in [6, 6.07) is 0. The van der Waals surface area contributed by atoms with Crippen LogP contribution in [0.2, 0.25) is 0 Å². The zero-order valence-electron chi connectivity index (χ0n) is 6.89. The Hall–Kier alpha value is 0.110. The number of hydrogen-bond acceptors (Lipinski definition) is 2. The third-order valence-corrected chi connectivity index (χ3v) is 2.45. The predicted molar refractivity (Wildman–Crippen MR) is 51.0 cm³/mol. The highest BCUT2D eigenvalue weighted by Crippen LogP contribution is 2.13. The summed E-state index contributed by atoms with van der Waals surface area (Å²) >= 11 is 6.48. The van der Waals surface area contributed by atoms with Crippen molar-refractivity contribution in [1.82, 2.24) is 4.72 Å². The summed E-state index contributed by atoms with van der Waals surface area (Å²) in [5, 5.41) is -0.0315. The predicted octanol–water partition coefficient (Wildman–Crippen LogP) is 3.16. The van der Waals surface area contributed by atoms with Gasteiger partial charge in [-0.3, -0.25) is 9.52 Å². The first-order valence-corrected chi connectivity index (χ1v) is 5.03. The molecule has 0 aliphatic carbocycles. The Morgan fingerprint density at radius 2 is 2.36 bits per heavy atom. The molecule has 66 valence electrons. The molecule has 0 aliphatic heterocycles. The van der Waals surface area contributed by atoms with Gasteiger partial charge in [0.15, 0.2) is 0 Å². The van der Waals surface area contributed by atoms with E-state index in [1.807, 2.05) is 0 Å². The van der Waals surface area contributed by atoms with Crippen molar-refractivity contribution in [3.63, 3.8) is 0 Å². The lowest BCUT2D eigenvalue weighted by Gasteiger charge is -2.08. The van der Waals surface area contributed by atoms with Crippen LogP contribution in [0.1, 0.15) is 33.1 Å². The summed E-state index contributed by atoms with van der Waals surface area (Å²) in [4.78, 5) is 10.3. The highest BCUT2D eigenvalue weighted by Gasteiger charge is 2.02. The summed E-state index contributed by atoms with van der Waals surface area (Å²) in [5.74, 6) is 0. The van der Waals surface area contributed by atoms with E-state index in [1.165, 1.54) is 24.8 Å². The van der Waals surface area contributed by atoms with Crippen LogP contribution in [0.4, 0.5) is 4.79 Å². The van der Waals surface area contributed by atoms with Gasteiger partial charge in [0.1, 0.15) is 0 Å². The van der Waals surface area contributed by atoms with Crippen molar-refractivity contribution in [3.05, 3.63) is 0 Å². The third kappa shape index (κ3) is 8.01. The van der Waals surface area contributed by atoms with E-state index in [1.54, 1.807) is 0 Å². The minimum Gasteiger partial charge on any atom is -0.286 e. The van der Waals surface area contributed by atoms with Crippen LogP contribution in [-0.2, 0) is 0 Å². The molecule has 0 spiro atoms. The minimum absolute atomic E-state index is 0.456. The van der Waals surface area contributed by atoms with Crippen molar-refractivity contribution >= 4 is 28.9 Å². The second kappa shape index (κ2) is 6.80. The number of unbranched alkanes of at least 4 members (excludes halogenated alkanes) is 1. The number of carbonyl (C=O) groups is 1. The number of amides is 1. The van der Waals surface area contributed by atoms with Crippen molar-refractivity contribution in [2.75, 3.05) is 0 Å². The van der Waals surface area contributed by atoms with E-state index in [0.29, 0.717) is 5.25 Å². The topological polar surface area (TPSA) is 29.1 Å². The number of halogens is 1. The molecule has 1 unspecified atom stereocenters. The monoisotopic (exact) mass is 195 g/mol. The van der Waals surface area contributed by atoms with Crippen molar-refractivity contribution in [2.24, 2.45) is 0 Å². The van der Waals surface area contributed by atoms with Crippen LogP contribution in [0.3, 0.4) is 0 Å². The fourth-order valence-corrected chi connectivity index (χ4v) is 1.41. The van der Waals surface area contributed by atoms with E-state index in [4.69, 9.17) is 11.6 Å². The minimum atomic E-state index is -0.488. The van der Waals surface area contributed by atoms with Crippen LogP contribution in [0.25, 0.3) is 0 Å². The van der Waals surface area contributed by atoms with Crippen LogP contribution >= 0.6 is 23.5 Å². The Balaban J connectivity index is 3.22. The summed E-state index contributed by atoms with van der Waals surface area (Å²) < 4.78 is 2.50. The average Bonchev–Trinajstić information content (AvgIpc) is 1.97. The Morgan fingerprint density at radius 1 is 1.73 bits per heavy atom. The molecule has 2 nitrogen and oxygen atoms in total.